The van der Waals surface area contributed by atoms with Crippen molar-refractivity contribution in [3.63, 3.8) is 0 Å². The van der Waals surface area contributed by atoms with Crippen LogP contribution in [0.2, 0.25) is 18.1 Å². The summed E-state index contributed by atoms with van der Waals surface area (Å²) in [6.45, 7) is 15.7. The molecular formula is C14H31N3O4Si. The lowest BCUT2D eigenvalue weighted by Gasteiger charge is -2.37. The summed E-state index contributed by atoms with van der Waals surface area (Å²) < 4.78 is 11.1. The Morgan fingerprint density at radius 3 is 2.00 bits per heavy atom. The van der Waals surface area contributed by atoms with E-state index in [1.165, 1.54) is 0 Å². The Morgan fingerprint density at radius 1 is 1.14 bits per heavy atom. The molecule has 0 heterocycles. The number of ether oxygens (including phenoxy) is 1. The van der Waals surface area contributed by atoms with Crippen LogP contribution in [0, 0.1) is 0 Å². The Balaban J connectivity index is 4.82. The second kappa shape index (κ2) is 7.43. The van der Waals surface area contributed by atoms with Crippen molar-refractivity contribution in [1.29, 1.82) is 0 Å². The maximum Gasteiger partial charge on any atom is 0.408 e. The van der Waals surface area contributed by atoms with Crippen LogP contribution in [0.25, 0.3) is 0 Å². The van der Waals surface area contributed by atoms with Gasteiger partial charge in [0.25, 0.3) is 5.91 Å². The van der Waals surface area contributed by atoms with Gasteiger partial charge in [-0.15, -0.1) is 0 Å². The molecule has 2 amide bonds. The van der Waals surface area contributed by atoms with Crippen LogP contribution in [0.1, 0.15) is 41.5 Å². The summed E-state index contributed by atoms with van der Waals surface area (Å²) >= 11 is 0. The molecule has 0 rings (SSSR count). The molecule has 0 saturated carbocycles. The highest BCUT2D eigenvalue weighted by Crippen LogP contribution is 2.36. The molecule has 0 aliphatic carbocycles. The van der Waals surface area contributed by atoms with Crippen molar-refractivity contribution in [1.82, 2.24) is 10.7 Å². The van der Waals surface area contributed by atoms with Gasteiger partial charge in [-0.05, 0) is 38.9 Å². The van der Waals surface area contributed by atoms with E-state index in [0.717, 1.165) is 0 Å². The zero-order chi connectivity index (χ0) is 17.8. The first-order valence-corrected chi connectivity index (χ1v) is 10.2. The monoisotopic (exact) mass is 333 g/mol. The largest absolute Gasteiger partial charge is 0.444 e. The average Bonchev–Trinajstić information content (AvgIpc) is 2.29. The SMILES string of the molecule is CC(C)(C)OC(=O)N[C@@H](CO[Si](C)(C)C(C)(C)C)C(=O)NN. The van der Waals surface area contributed by atoms with Crippen molar-refractivity contribution < 1.29 is 18.8 Å². The summed E-state index contributed by atoms with van der Waals surface area (Å²) in [5.74, 6) is 4.64. The fourth-order valence-electron chi connectivity index (χ4n) is 1.24. The molecule has 22 heavy (non-hydrogen) atoms. The van der Waals surface area contributed by atoms with Crippen LogP contribution in [0.5, 0.6) is 0 Å². The van der Waals surface area contributed by atoms with Crippen molar-refractivity contribution in [3.05, 3.63) is 0 Å². The maximum absolute atomic E-state index is 11.8. The normalized spacial score (nSPS) is 14.2. The van der Waals surface area contributed by atoms with Gasteiger partial charge < -0.3 is 14.5 Å². The van der Waals surface area contributed by atoms with Gasteiger partial charge in [0.05, 0.1) is 6.61 Å². The van der Waals surface area contributed by atoms with Crippen LogP contribution in [0.15, 0.2) is 0 Å². The predicted octanol–water partition coefficient (Wildman–Crippen LogP) is 1.89. The number of carbonyl (C=O) groups excluding carboxylic acids is 2. The van der Waals surface area contributed by atoms with Crippen molar-refractivity contribution in [2.24, 2.45) is 5.84 Å². The molecule has 8 heteroatoms. The summed E-state index contributed by atoms with van der Waals surface area (Å²) in [4.78, 5) is 23.6. The Morgan fingerprint density at radius 2 is 1.64 bits per heavy atom. The minimum absolute atomic E-state index is 0.00264. The Hall–Kier alpha value is -1.12. The Kier molecular flexibility index (Phi) is 7.05. The second-order valence-electron chi connectivity index (χ2n) is 7.78. The lowest BCUT2D eigenvalue weighted by atomic mass is 10.2. The third kappa shape index (κ3) is 7.23. The molecule has 0 unspecified atom stereocenters. The van der Waals surface area contributed by atoms with Gasteiger partial charge in [0.1, 0.15) is 11.6 Å². The Bertz CT molecular complexity index is 400. The molecule has 0 spiro atoms. The minimum Gasteiger partial charge on any atom is -0.444 e. The van der Waals surface area contributed by atoms with Crippen molar-refractivity contribution >= 4 is 20.3 Å². The zero-order valence-corrected chi connectivity index (χ0v) is 16.0. The average molecular weight is 334 g/mol. The fraction of sp³-hybridized carbons (Fsp3) is 0.857. The number of hydrogen-bond acceptors (Lipinski definition) is 5. The van der Waals surface area contributed by atoms with Gasteiger partial charge in [-0.3, -0.25) is 10.2 Å². The van der Waals surface area contributed by atoms with Crippen LogP contribution in [-0.2, 0) is 14.0 Å². The summed E-state index contributed by atoms with van der Waals surface area (Å²) in [6, 6.07) is -0.894. The van der Waals surface area contributed by atoms with Crippen molar-refractivity contribution in [3.8, 4) is 0 Å². The highest BCUT2D eigenvalue weighted by atomic mass is 28.4. The van der Waals surface area contributed by atoms with E-state index >= 15 is 0 Å². The summed E-state index contributed by atoms with van der Waals surface area (Å²) in [5.41, 5.74) is 1.39. The van der Waals surface area contributed by atoms with Crippen molar-refractivity contribution in [2.45, 2.75) is 71.3 Å². The van der Waals surface area contributed by atoms with E-state index in [9.17, 15) is 9.59 Å². The summed E-state index contributed by atoms with van der Waals surface area (Å²) in [5, 5.41) is 2.49. The molecular weight excluding hydrogens is 302 g/mol. The molecule has 0 fully saturated rings. The van der Waals surface area contributed by atoms with Crippen molar-refractivity contribution in [2.75, 3.05) is 6.61 Å². The third-order valence-electron chi connectivity index (χ3n) is 3.57. The highest BCUT2D eigenvalue weighted by molar-refractivity contribution is 6.74. The Labute approximate surface area is 134 Å². The van der Waals surface area contributed by atoms with Gasteiger partial charge in [-0.2, -0.15) is 0 Å². The zero-order valence-electron chi connectivity index (χ0n) is 15.0. The number of nitrogens with one attached hydrogen (secondary N) is 2. The number of hydrazine groups is 1. The summed E-state index contributed by atoms with van der Waals surface area (Å²) in [7, 11) is -2.04. The standard InChI is InChI=1S/C14H31N3O4Si/c1-13(2,3)21-12(19)16-10(11(18)17-15)9-20-22(7,8)14(4,5)6/h10H,9,15H2,1-8H3,(H,16,19)(H,17,18)/t10-/m0/s1. The second-order valence-corrected chi connectivity index (χ2v) is 12.6. The van der Waals surface area contributed by atoms with E-state index in [-0.39, 0.29) is 11.6 Å². The minimum atomic E-state index is -2.04. The van der Waals surface area contributed by atoms with E-state index in [4.69, 9.17) is 15.0 Å². The van der Waals surface area contributed by atoms with Crippen LogP contribution in [0.4, 0.5) is 4.79 Å². The number of amides is 2. The van der Waals surface area contributed by atoms with Gasteiger partial charge in [0.2, 0.25) is 0 Å². The van der Waals surface area contributed by atoms with Crippen LogP contribution in [-0.4, -0.2) is 38.6 Å². The maximum atomic E-state index is 11.8. The molecule has 0 aromatic heterocycles. The third-order valence-corrected chi connectivity index (χ3v) is 8.07. The fourth-order valence-corrected chi connectivity index (χ4v) is 2.26. The van der Waals surface area contributed by atoms with Gasteiger partial charge in [-0.1, -0.05) is 20.8 Å². The molecule has 0 bridgehead atoms. The molecule has 7 nitrogen and oxygen atoms in total. The first-order valence-electron chi connectivity index (χ1n) is 7.33. The molecule has 0 saturated heterocycles. The first-order chi connectivity index (χ1) is 9.69. The lowest BCUT2D eigenvalue weighted by molar-refractivity contribution is -0.124. The lowest BCUT2D eigenvalue weighted by Crippen LogP contribution is -2.54. The predicted molar refractivity (Wildman–Crippen MR) is 88.6 cm³/mol. The van der Waals surface area contributed by atoms with Crippen LogP contribution >= 0.6 is 0 Å². The van der Waals surface area contributed by atoms with E-state index in [0.29, 0.717) is 0 Å². The van der Waals surface area contributed by atoms with Gasteiger partial charge in [0.15, 0.2) is 8.32 Å². The van der Waals surface area contributed by atoms with Gasteiger partial charge in [0, 0.05) is 0 Å². The molecule has 1 atom stereocenters. The first kappa shape index (κ1) is 20.9. The van der Waals surface area contributed by atoms with Crippen LogP contribution in [0.3, 0.4) is 0 Å². The highest BCUT2D eigenvalue weighted by Gasteiger charge is 2.38. The molecule has 130 valence electrons. The molecule has 0 aliphatic heterocycles. The van der Waals surface area contributed by atoms with E-state index in [2.05, 4.69) is 39.2 Å². The number of rotatable bonds is 5. The smallest absolute Gasteiger partial charge is 0.408 e. The molecule has 4 N–H and O–H groups in total. The molecule has 0 aliphatic rings. The number of carbonyl (C=O) groups is 2. The number of nitrogens with two attached hydrogens (primary N) is 1. The quantitative estimate of drug-likeness (QED) is 0.308. The van der Waals surface area contributed by atoms with Crippen LogP contribution < -0.4 is 16.6 Å². The molecule has 0 aromatic rings. The van der Waals surface area contributed by atoms with E-state index in [1.807, 2.05) is 5.43 Å². The van der Waals surface area contributed by atoms with E-state index in [1.54, 1.807) is 20.8 Å². The van der Waals surface area contributed by atoms with E-state index < -0.39 is 32.0 Å². The number of alkyl carbamates (subject to hydrolysis) is 1. The van der Waals surface area contributed by atoms with Gasteiger partial charge >= 0.3 is 6.09 Å². The topological polar surface area (TPSA) is 103 Å². The summed E-state index contributed by atoms with van der Waals surface area (Å²) in [6.07, 6.45) is -0.681. The molecule has 0 aromatic carbocycles. The number of hydrogen-bond donors (Lipinski definition) is 3. The molecule has 0 radical (unpaired) electrons. The van der Waals surface area contributed by atoms with Gasteiger partial charge in [-0.25, -0.2) is 10.6 Å².